The van der Waals surface area contributed by atoms with Gasteiger partial charge in [-0.3, -0.25) is 5.14 Å². The molecule has 0 unspecified atom stereocenters. The molecule has 0 fully saturated rings. The lowest BCUT2D eigenvalue weighted by molar-refractivity contribution is 0.324. The first-order valence-electron chi connectivity index (χ1n) is 7.44. The Kier molecular flexibility index (Phi) is 6.85. The largest absolute Gasteiger partial charge is 0.495 e. The maximum atomic E-state index is 5.48. The predicted molar refractivity (Wildman–Crippen MR) is 103 cm³/mol. The monoisotopic (exact) mass is 362 g/mol. The maximum Gasteiger partial charge on any atom is 0.203 e. The molecule has 0 spiro atoms. The molecule has 0 atom stereocenters. The van der Waals surface area contributed by atoms with Crippen LogP contribution < -0.4 is 28.8 Å². The lowest BCUT2D eigenvalue weighted by Gasteiger charge is -2.13. The summed E-state index contributed by atoms with van der Waals surface area (Å²) in [6.45, 7) is 0. The van der Waals surface area contributed by atoms with Crippen LogP contribution in [0.25, 0.3) is 12.2 Å². The van der Waals surface area contributed by atoms with Crippen LogP contribution in [-0.2, 0) is 0 Å². The SMILES string of the molecule is COc1ccc(/C=C\c2cc(OC)c(OC)c(OC)c2)cc1NSN. The minimum Gasteiger partial charge on any atom is -0.495 e. The topological polar surface area (TPSA) is 75.0 Å². The van der Waals surface area contributed by atoms with Crippen LogP contribution in [0.2, 0.25) is 0 Å². The number of hydrogen-bond acceptors (Lipinski definition) is 7. The molecule has 0 amide bonds. The molecular formula is C18H22N2O4S. The van der Waals surface area contributed by atoms with Gasteiger partial charge < -0.3 is 23.7 Å². The Labute approximate surface area is 152 Å². The van der Waals surface area contributed by atoms with E-state index in [0.29, 0.717) is 17.2 Å². The van der Waals surface area contributed by atoms with Crippen molar-refractivity contribution in [3.8, 4) is 23.0 Å². The zero-order valence-corrected chi connectivity index (χ0v) is 15.5. The van der Waals surface area contributed by atoms with Crippen molar-refractivity contribution in [3.05, 3.63) is 41.5 Å². The molecule has 2 rings (SSSR count). The van der Waals surface area contributed by atoms with Crippen LogP contribution in [-0.4, -0.2) is 28.4 Å². The van der Waals surface area contributed by atoms with E-state index in [1.54, 1.807) is 28.4 Å². The third-order valence-corrected chi connectivity index (χ3v) is 3.89. The zero-order valence-electron chi connectivity index (χ0n) is 14.7. The summed E-state index contributed by atoms with van der Waals surface area (Å²) in [5.74, 6) is 2.51. The molecule has 0 aliphatic carbocycles. The quantitative estimate of drug-likeness (QED) is 0.546. The Balaban J connectivity index is 2.34. The molecule has 0 aliphatic heterocycles. The zero-order chi connectivity index (χ0) is 18.2. The van der Waals surface area contributed by atoms with Gasteiger partial charge in [0, 0.05) is 12.1 Å². The Morgan fingerprint density at radius 2 is 1.40 bits per heavy atom. The number of nitrogens with two attached hydrogens (primary N) is 1. The summed E-state index contributed by atoms with van der Waals surface area (Å²) >= 11 is 1.02. The van der Waals surface area contributed by atoms with Gasteiger partial charge in [-0.1, -0.05) is 18.2 Å². The first-order valence-corrected chi connectivity index (χ1v) is 8.32. The highest BCUT2D eigenvalue weighted by molar-refractivity contribution is 7.98. The van der Waals surface area contributed by atoms with Gasteiger partial charge in [-0.05, 0) is 35.4 Å². The number of benzene rings is 2. The van der Waals surface area contributed by atoms with Crippen LogP contribution in [0.5, 0.6) is 23.0 Å². The average molecular weight is 362 g/mol. The summed E-state index contributed by atoms with van der Waals surface area (Å²) in [7, 11) is 6.39. The van der Waals surface area contributed by atoms with E-state index in [4.69, 9.17) is 24.1 Å². The van der Waals surface area contributed by atoms with Crippen LogP contribution in [0, 0.1) is 0 Å². The smallest absolute Gasteiger partial charge is 0.203 e. The molecule has 0 aromatic heterocycles. The second-order valence-electron chi connectivity index (χ2n) is 4.97. The van der Waals surface area contributed by atoms with Crippen molar-refractivity contribution >= 4 is 30.0 Å². The molecule has 2 aromatic carbocycles. The van der Waals surface area contributed by atoms with Crippen LogP contribution in [0.15, 0.2) is 30.3 Å². The van der Waals surface area contributed by atoms with Crippen molar-refractivity contribution in [1.29, 1.82) is 0 Å². The van der Waals surface area contributed by atoms with Gasteiger partial charge in [0.1, 0.15) is 5.75 Å². The van der Waals surface area contributed by atoms with Gasteiger partial charge >= 0.3 is 0 Å². The van der Waals surface area contributed by atoms with E-state index in [0.717, 1.165) is 34.7 Å². The molecule has 0 aliphatic rings. The molecule has 3 N–H and O–H groups in total. The number of methoxy groups -OCH3 is 4. The summed E-state index contributed by atoms with van der Waals surface area (Å²) in [5, 5.41) is 5.48. The summed E-state index contributed by atoms with van der Waals surface area (Å²) in [6, 6.07) is 9.56. The van der Waals surface area contributed by atoms with Crippen molar-refractivity contribution in [2.24, 2.45) is 5.14 Å². The van der Waals surface area contributed by atoms with E-state index in [1.807, 2.05) is 42.5 Å². The molecule has 25 heavy (non-hydrogen) atoms. The summed E-state index contributed by atoms with van der Waals surface area (Å²) in [4.78, 5) is 0. The number of nitrogens with one attached hydrogen (secondary N) is 1. The number of anilines is 1. The summed E-state index contributed by atoms with van der Waals surface area (Å²) in [5.41, 5.74) is 2.72. The van der Waals surface area contributed by atoms with Crippen molar-refractivity contribution in [2.45, 2.75) is 0 Å². The molecule has 0 saturated heterocycles. The Hall–Kier alpha value is -2.51. The van der Waals surface area contributed by atoms with E-state index in [1.165, 1.54) is 0 Å². The highest BCUT2D eigenvalue weighted by Gasteiger charge is 2.12. The van der Waals surface area contributed by atoms with Gasteiger partial charge in [0.05, 0.1) is 34.1 Å². The van der Waals surface area contributed by atoms with Crippen LogP contribution in [0.3, 0.4) is 0 Å². The van der Waals surface area contributed by atoms with Crippen LogP contribution in [0.4, 0.5) is 5.69 Å². The van der Waals surface area contributed by atoms with E-state index in [-0.39, 0.29) is 0 Å². The Morgan fingerprint density at radius 1 is 0.800 bits per heavy atom. The van der Waals surface area contributed by atoms with Crippen molar-refractivity contribution in [2.75, 3.05) is 33.2 Å². The summed E-state index contributed by atoms with van der Waals surface area (Å²) < 4.78 is 24.4. The standard InChI is InChI=1S/C18H22N2O4S/c1-21-15-8-7-12(9-14(15)20-25-19)5-6-13-10-16(22-2)18(24-4)17(11-13)23-3/h5-11,20H,19H2,1-4H3/b6-5-. The Morgan fingerprint density at radius 3 is 1.92 bits per heavy atom. The minimum atomic E-state index is 0.568. The molecule has 7 heteroatoms. The molecule has 6 nitrogen and oxygen atoms in total. The predicted octanol–water partition coefficient (Wildman–Crippen LogP) is 3.83. The van der Waals surface area contributed by atoms with Crippen molar-refractivity contribution in [3.63, 3.8) is 0 Å². The number of rotatable bonds is 8. The van der Waals surface area contributed by atoms with Gasteiger partial charge in [0.2, 0.25) is 5.75 Å². The van der Waals surface area contributed by atoms with Gasteiger partial charge in [0.25, 0.3) is 0 Å². The lowest BCUT2D eigenvalue weighted by Crippen LogP contribution is -1.96. The fourth-order valence-electron chi connectivity index (χ4n) is 2.36. The van der Waals surface area contributed by atoms with Crippen LogP contribution >= 0.6 is 12.1 Å². The fraction of sp³-hybridized carbons (Fsp3) is 0.222. The van der Waals surface area contributed by atoms with Gasteiger partial charge in [-0.25, -0.2) is 0 Å². The number of ether oxygens (including phenoxy) is 4. The first-order chi connectivity index (χ1) is 12.2. The normalized spacial score (nSPS) is 10.6. The lowest BCUT2D eigenvalue weighted by atomic mass is 10.1. The van der Waals surface area contributed by atoms with Gasteiger partial charge in [-0.15, -0.1) is 0 Å². The second-order valence-corrected chi connectivity index (χ2v) is 5.41. The van der Waals surface area contributed by atoms with Crippen LogP contribution in [0.1, 0.15) is 11.1 Å². The first kappa shape index (κ1) is 18.8. The van der Waals surface area contributed by atoms with Crippen molar-refractivity contribution < 1.29 is 18.9 Å². The molecular weight excluding hydrogens is 340 g/mol. The van der Waals surface area contributed by atoms with Crippen molar-refractivity contribution in [1.82, 2.24) is 0 Å². The van der Waals surface area contributed by atoms with E-state index < -0.39 is 0 Å². The molecule has 0 radical (unpaired) electrons. The summed E-state index contributed by atoms with van der Waals surface area (Å²) in [6.07, 6.45) is 3.94. The average Bonchev–Trinajstić information content (AvgIpc) is 2.65. The Bertz CT molecular complexity index is 725. The van der Waals surface area contributed by atoms with Gasteiger partial charge in [-0.2, -0.15) is 0 Å². The highest BCUT2D eigenvalue weighted by Crippen LogP contribution is 2.38. The van der Waals surface area contributed by atoms with E-state index >= 15 is 0 Å². The second kappa shape index (κ2) is 9.10. The van der Waals surface area contributed by atoms with Gasteiger partial charge in [0.15, 0.2) is 11.5 Å². The highest BCUT2D eigenvalue weighted by atomic mass is 32.2. The third-order valence-electron chi connectivity index (χ3n) is 3.55. The molecule has 134 valence electrons. The number of hydrogen-bond donors (Lipinski definition) is 2. The third kappa shape index (κ3) is 4.52. The minimum absolute atomic E-state index is 0.568. The molecule has 0 saturated carbocycles. The molecule has 0 bridgehead atoms. The fourth-order valence-corrected chi connectivity index (χ4v) is 2.65. The molecule has 0 heterocycles. The van der Waals surface area contributed by atoms with E-state index in [9.17, 15) is 0 Å². The van der Waals surface area contributed by atoms with E-state index in [2.05, 4.69) is 4.72 Å². The maximum absolute atomic E-state index is 5.48. The molecule has 2 aromatic rings.